The predicted octanol–water partition coefficient (Wildman–Crippen LogP) is 1.78. The molecule has 0 aliphatic heterocycles. The lowest BCUT2D eigenvalue weighted by Crippen LogP contribution is -2.38. The fourth-order valence-corrected chi connectivity index (χ4v) is 2.23. The first-order valence-corrected chi connectivity index (χ1v) is 7.74. The molecular weight excluding hydrogens is 334 g/mol. The first-order valence-electron chi connectivity index (χ1n) is 6.94. The summed E-state index contributed by atoms with van der Waals surface area (Å²) in [6, 6.07) is 7.70. The van der Waals surface area contributed by atoms with E-state index >= 15 is 0 Å². The second-order valence-electron chi connectivity index (χ2n) is 5.21. The fourth-order valence-electron chi connectivity index (χ4n) is 1.96. The van der Waals surface area contributed by atoms with E-state index < -0.39 is 5.91 Å². The van der Waals surface area contributed by atoms with Gasteiger partial charge in [-0.25, -0.2) is 0 Å². The normalized spacial score (nSPS) is 12.0. The molecule has 0 spiro atoms. The van der Waals surface area contributed by atoms with Gasteiger partial charge in [-0.05, 0) is 37.5 Å². The lowest BCUT2D eigenvalue weighted by molar-refractivity contribution is -0.135. The van der Waals surface area contributed by atoms with Gasteiger partial charge in [-0.3, -0.25) is 9.59 Å². The van der Waals surface area contributed by atoms with E-state index in [0.717, 1.165) is 16.5 Å². The average molecular weight is 356 g/mol. The Morgan fingerprint density at radius 1 is 1.29 bits per heavy atom. The maximum Gasteiger partial charge on any atom is 0.237 e. The molecule has 0 radical (unpaired) electrons. The van der Waals surface area contributed by atoms with Crippen LogP contribution in [0, 0.1) is 0 Å². The molecular formula is C15H22BrN3O2. The number of hydrogen-bond acceptors (Lipinski definition) is 3. The summed E-state index contributed by atoms with van der Waals surface area (Å²) >= 11 is 3.36. The number of halogens is 1. The van der Waals surface area contributed by atoms with E-state index in [1.807, 2.05) is 31.2 Å². The van der Waals surface area contributed by atoms with E-state index in [0.29, 0.717) is 19.4 Å². The second-order valence-corrected chi connectivity index (χ2v) is 6.13. The van der Waals surface area contributed by atoms with Gasteiger partial charge in [-0.1, -0.05) is 28.1 Å². The number of nitrogens with zero attached hydrogens (tertiary/aromatic N) is 1. The van der Waals surface area contributed by atoms with Crippen LogP contribution in [0.25, 0.3) is 0 Å². The van der Waals surface area contributed by atoms with Gasteiger partial charge >= 0.3 is 0 Å². The van der Waals surface area contributed by atoms with Crippen molar-refractivity contribution in [2.45, 2.75) is 38.8 Å². The molecule has 21 heavy (non-hydrogen) atoms. The molecule has 1 atom stereocenters. The highest BCUT2D eigenvalue weighted by Crippen LogP contribution is 2.13. The minimum absolute atomic E-state index is 0.0624. The number of nitrogens with two attached hydrogens (primary N) is 2. The summed E-state index contributed by atoms with van der Waals surface area (Å²) in [5, 5.41) is 0. The van der Waals surface area contributed by atoms with Gasteiger partial charge in [0.1, 0.15) is 0 Å². The van der Waals surface area contributed by atoms with Crippen molar-refractivity contribution >= 4 is 27.7 Å². The van der Waals surface area contributed by atoms with Crippen LogP contribution < -0.4 is 11.5 Å². The third-order valence-electron chi connectivity index (χ3n) is 3.04. The molecule has 5 nitrogen and oxygen atoms in total. The molecule has 0 saturated heterocycles. The maximum absolute atomic E-state index is 12.2. The van der Waals surface area contributed by atoms with E-state index in [-0.39, 0.29) is 18.5 Å². The molecule has 0 aliphatic rings. The Labute approximate surface area is 133 Å². The Bertz CT molecular complexity index is 474. The van der Waals surface area contributed by atoms with Crippen LogP contribution in [0.1, 0.15) is 31.7 Å². The SMILES string of the molecule is CC(N)CCCC(=O)N(CC(N)=O)Cc1ccc(Br)cc1. The van der Waals surface area contributed by atoms with Crippen LogP contribution in [-0.2, 0) is 16.1 Å². The van der Waals surface area contributed by atoms with Crippen molar-refractivity contribution in [2.24, 2.45) is 11.5 Å². The van der Waals surface area contributed by atoms with Crippen molar-refractivity contribution in [3.8, 4) is 0 Å². The van der Waals surface area contributed by atoms with Crippen molar-refractivity contribution in [2.75, 3.05) is 6.54 Å². The van der Waals surface area contributed by atoms with E-state index in [4.69, 9.17) is 11.5 Å². The van der Waals surface area contributed by atoms with Crippen LogP contribution in [0.2, 0.25) is 0 Å². The van der Waals surface area contributed by atoms with Crippen LogP contribution in [-0.4, -0.2) is 29.3 Å². The first kappa shape index (κ1) is 17.7. The van der Waals surface area contributed by atoms with E-state index in [1.54, 1.807) is 0 Å². The summed E-state index contributed by atoms with van der Waals surface area (Å²) in [5.41, 5.74) is 11.9. The Morgan fingerprint density at radius 2 is 1.90 bits per heavy atom. The highest BCUT2D eigenvalue weighted by molar-refractivity contribution is 9.10. The van der Waals surface area contributed by atoms with Gasteiger partial charge in [0.2, 0.25) is 11.8 Å². The second kappa shape index (κ2) is 8.79. The van der Waals surface area contributed by atoms with Crippen LogP contribution in [0.15, 0.2) is 28.7 Å². The van der Waals surface area contributed by atoms with E-state index in [2.05, 4.69) is 15.9 Å². The first-order chi connectivity index (χ1) is 9.88. The number of hydrogen-bond donors (Lipinski definition) is 2. The predicted molar refractivity (Wildman–Crippen MR) is 86.3 cm³/mol. The fraction of sp³-hybridized carbons (Fsp3) is 0.467. The Kier molecular flexibility index (Phi) is 7.39. The van der Waals surface area contributed by atoms with Gasteiger partial charge in [0.15, 0.2) is 0 Å². The minimum Gasteiger partial charge on any atom is -0.368 e. The molecule has 1 rings (SSSR count). The summed E-state index contributed by atoms with van der Waals surface area (Å²) in [6.07, 6.45) is 1.88. The molecule has 4 N–H and O–H groups in total. The van der Waals surface area contributed by atoms with E-state index in [1.165, 1.54) is 4.90 Å². The molecule has 2 amide bonds. The maximum atomic E-state index is 12.2. The molecule has 116 valence electrons. The van der Waals surface area contributed by atoms with Crippen molar-refractivity contribution in [1.82, 2.24) is 4.90 Å². The number of benzene rings is 1. The number of primary amides is 1. The topological polar surface area (TPSA) is 89.4 Å². The van der Waals surface area contributed by atoms with E-state index in [9.17, 15) is 9.59 Å². The van der Waals surface area contributed by atoms with Gasteiger partial charge in [-0.15, -0.1) is 0 Å². The molecule has 0 aliphatic carbocycles. The number of carbonyl (C=O) groups excluding carboxylic acids is 2. The standard InChI is InChI=1S/C15H22BrN3O2/c1-11(17)3-2-4-15(21)19(10-14(18)20)9-12-5-7-13(16)8-6-12/h5-8,11H,2-4,9-10,17H2,1H3,(H2,18,20). The zero-order valence-electron chi connectivity index (χ0n) is 12.2. The van der Waals surface area contributed by atoms with Gasteiger partial charge in [-0.2, -0.15) is 0 Å². The summed E-state index contributed by atoms with van der Waals surface area (Å²) in [6.45, 7) is 2.23. The third-order valence-corrected chi connectivity index (χ3v) is 3.56. The van der Waals surface area contributed by atoms with Crippen LogP contribution >= 0.6 is 15.9 Å². The highest BCUT2D eigenvalue weighted by atomic mass is 79.9. The molecule has 1 aromatic rings. The van der Waals surface area contributed by atoms with Gasteiger partial charge in [0.25, 0.3) is 0 Å². The molecule has 1 unspecified atom stereocenters. The van der Waals surface area contributed by atoms with Gasteiger partial charge in [0.05, 0.1) is 6.54 Å². The summed E-state index contributed by atoms with van der Waals surface area (Å²) in [5.74, 6) is -0.579. The van der Waals surface area contributed by atoms with Gasteiger partial charge < -0.3 is 16.4 Å². The van der Waals surface area contributed by atoms with Crippen LogP contribution in [0.3, 0.4) is 0 Å². The Morgan fingerprint density at radius 3 is 2.43 bits per heavy atom. The molecule has 0 heterocycles. The molecule has 0 bridgehead atoms. The monoisotopic (exact) mass is 355 g/mol. The lowest BCUT2D eigenvalue weighted by atomic mass is 10.1. The summed E-state index contributed by atoms with van der Waals surface area (Å²) in [7, 11) is 0. The largest absolute Gasteiger partial charge is 0.368 e. The van der Waals surface area contributed by atoms with Crippen molar-refractivity contribution in [1.29, 1.82) is 0 Å². The lowest BCUT2D eigenvalue weighted by Gasteiger charge is -2.21. The molecule has 0 saturated carbocycles. The molecule has 1 aromatic carbocycles. The minimum atomic E-state index is -0.507. The zero-order valence-corrected chi connectivity index (χ0v) is 13.8. The van der Waals surface area contributed by atoms with Crippen LogP contribution in [0.5, 0.6) is 0 Å². The zero-order chi connectivity index (χ0) is 15.8. The average Bonchev–Trinajstić information content (AvgIpc) is 2.39. The molecule has 6 heteroatoms. The number of rotatable bonds is 8. The number of carbonyl (C=O) groups is 2. The Balaban J connectivity index is 2.63. The van der Waals surface area contributed by atoms with Gasteiger partial charge in [0, 0.05) is 23.5 Å². The Hall–Kier alpha value is -1.40. The number of amides is 2. The summed E-state index contributed by atoms with van der Waals surface area (Å²) < 4.78 is 0.968. The van der Waals surface area contributed by atoms with Crippen molar-refractivity contribution in [3.05, 3.63) is 34.3 Å². The smallest absolute Gasteiger partial charge is 0.237 e. The molecule has 0 aromatic heterocycles. The third kappa shape index (κ3) is 7.24. The summed E-state index contributed by atoms with van der Waals surface area (Å²) in [4.78, 5) is 24.8. The van der Waals surface area contributed by atoms with Crippen molar-refractivity contribution < 1.29 is 9.59 Å². The molecule has 0 fully saturated rings. The van der Waals surface area contributed by atoms with Crippen molar-refractivity contribution in [3.63, 3.8) is 0 Å². The van der Waals surface area contributed by atoms with Crippen LogP contribution in [0.4, 0.5) is 0 Å². The quantitative estimate of drug-likeness (QED) is 0.744. The highest BCUT2D eigenvalue weighted by Gasteiger charge is 2.16.